The first-order valence-corrected chi connectivity index (χ1v) is 4.18. The number of hydrogen-bond donors (Lipinski definition) is 0. The topological polar surface area (TPSA) is 0 Å². The van der Waals surface area contributed by atoms with Crippen molar-refractivity contribution in [2.24, 2.45) is 5.41 Å². The predicted molar refractivity (Wildman–Crippen MR) is 53.8 cm³/mol. The minimum absolute atomic E-state index is 0.137. The Hall–Kier alpha value is -1.04. The first-order chi connectivity index (χ1) is 5.52. The third kappa shape index (κ3) is 1.97. The summed E-state index contributed by atoms with van der Waals surface area (Å²) in [5.41, 5.74) is 2.39. The van der Waals surface area contributed by atoms with E-state index in [1.165, 1.54) is 0 Å². The van der Waals surface area contributed by atoms with Gasteiger partial charge in [-0.05, 0) is 22.6 Å². The quantitative estimate of drug-likeness (QED) is 0.588. The van der Waals surface area contributed by atoms with E-state index in [1.54, 1.807) is 0 Å². The highest BCUT2D eigenvalue weighted by atomic mass is 14.2. The van der Waals surface area contributed by atoms with E-state index < -0.39 is 0 Å². The highest BCUT2D eigenvalue weighted by Crippen LogP contribution is 2.31. The number of hydrogen-bond acceptors (Lipinski definition) is 0. The molecule has 0 N–H and O–H groups in total. The van der Waals surface area contributed by atoms with Gasteiger partial charge in [-0.25, -0.2) is 0 Å². The lowest BCUT2D eigenvalue weighted by Crippen LogP contribution is -2.06. The summed E-state index contributed by atoms with van der Waals surface area (Å²) < 4.78 is 0. The predicted octanol–water partition coefficient (Wildman–Crippen LogP) is 3.55. The van der Waals surface area contributed by atoms with E-state index >= 15 is 0 Å². The Balaban J connectivity index is 2.94. The lowest BCUT2D eigenvalue weighted by atomic mass is 9.83. The summed E-state index contributed by atoms with van der Waals surface area (Å²) in [6.07, 6.45) is 0. The maximum Gasteiger partial charge on any atom is -0.0103 e. The van der Waals surface area contributed by atoms with Crippen LogP contribution in [-0.2, 0) is 0 Å². The molecule has 0 amide bonds. The van der Waals surface area contributed by atoms with E-state index in [9.17, 15) is 0 Å². The van der Waals surface area contributed by atoms with Gasteiger partial charge in [0.1, 0.15) is 0 Å². The second-order valence-electron chi connectivity index (χ2n) is 4.00. The fourth-order valence-electron chi connectivity index (χ4n) is 0.985. The van der Waals surface area contributed by atoms with Crippen LogP contribution in [0.1, 0.15) is 26.3 Å². The minimum atomic E-state index is 0.137. The molecule has 0 unspecified atom stereocenters. The summed E-state index contributed by atoms with van der Waals surface area (Å²) in [5.74, 6) is 0. The zero-order chi connectivity index (χ0) is 9.19. The van der Waals surface area contributed by atoms with Crippen molar-refractivity contribution in [2.75, 3.05) is 0 Å². The molecule has 0 heterocycles. The third-order valence-corrected chi connectivity index (χ3v) is 1.94. The van der Waals surface area contributed by atoms with Crippen LogP contribution in [0.4, 0.5) is 0 Å². The van der Waals surface area contributed by atoms with Gasteiger partial charge in [-0.15, -0.1) is 0 Å². The molecule has 0 bridgehead atoms. The van der Waals surface area contributed by atoms with Crippen molar-refractivity contribution >= 4 is 5.57 Å². The zero-order valence-electron chi connectivity index (χ0n) is 8.02. The van der Waals surface area contributed by atoms with Gasteiger partial charge in [0.15, 0.2) is 0 Å². The molecule has 0 aliphatic heterocycles. The molecule has 0 saturated heterocycles. The molecule has 12 heavy (non-hydrogen) atoms. The van der Waals surface area contributed by atoms with Crippen molar-refractivity contribution in [3.05, 3.63) is 42.5 Å². The summed E-state index contributed by atoms with van der Waals surface area (Å²) >= 11 is 0. The SMILES string of the molecule is C=C(c1[c]cccc1)C(C)(C)C. The van der Waals surface area contributed by atoms with Gasteiger partial charge in [0.05, 0.1) is 0 Å². The molecular weight excluding hydrogens is 144 g/mol. The lowest BCUT2D eigenvalue weighted by Gasteiger charge is -2.21. The van der Waals surface area contributed by atoms with Crippen LogP contribution in [0.2, 0.25) is 0 Å². The average Bonchev–Trinajstić information content (AvgIpc) is 2.03. The molecule has 0 fully saturated rings. The van der Waals surface area contributed by atoms with Gasteiger partial charge in [0, 0.05) is 0 Å². The Morgan fingerprint density at radius 3 is 2.42 bits per heavy atom. The second kappa shape index (κ2) is 3.14. The van der Waals surface area contributed by atoms with Crippen LogP contribution in [0.15, 0.2) is 30.8 Å². The minimum Gasteiger partial charge on any atom is -0.0947 e. The van der Waals surface area contributed by atoms with Gasteiger partial charge in [0.25, 0.3) is 0 Å². The first kappa shape index (κ1) is 9.05. The van der Waals surface area contributed by atoms with Gasteiger partial charge in [-0.1, -0.05) is 51.6 Å². The summed E-state index contributed by atoms with van der Waals surface area (Å²) in [6, 6.07) is 11.1. The van der Waals surface area contributed by atoms with Crippen molar-refractivity contribution in [2.45, 2.75) is 20.8 Å². The molecule has 0 aliphatic carbocycles. The van der Waals surface area contributed by atoms with E-state index in [4.69, 9.17) is 0 Å². The molecule has 63 valence electrons. The van der Waals surface area contributed by atoms with Gasteiger partial charge in [-0.3, -0.25) is 0 Å². The molecule has 0 atom stereocenters. The highest BCUT2D eigenvalue weighted by molar-refractivity contribution is 5.66. The van der Waals surface area contributed by atoms with E-state index in [-0.39, 0.29) is 5.41 Å². The summed E-state index contributed by atoms with van der Waals surface area (Å²) in [6.45, 7) is 10.6. The van der Waals surface area contributed by atoms with E-state index in [0.29, 0.717) is 0 Å². The van der Waals surface area contributed by atoms with Crippen LogP contribution < -0.4 is 0 Å². The fourth-order valence-corrected chi connectivity index (χ4v) is 0.985. The number of rotatable bonds is 1. The Morgan fingerprint density at radius 1 is 1.33 bits per heavy atom. The van der Waals surface area contributed by atoms with Crippen LogP contribution in [0.25, 0.3) is 5.57 Å². The lowest BCUT2D eigenvalue weighted by molar-refractivity contribution is 0.568. The second-order valence-corrected chi connectivity index (χ2v) is 4.00. The zero-order valence-corrected chi connectivity index (χ0v) is 8.02. The Kier molecular flexibility index (Phi) is 2.37. The van der Waals surface area contributed by atoms with Gasteiger partial charge in [0.2, 0.25) is 0 Å². The Morgan fingerprint density at radius 2 is 2.00 bits per heavy atom. The third-order valence-electron chi connectivity index (χ3n) is 1.94. The molecule has 0 aromatic heterocycles. The smallest absolute Gasteiger partial charge is 0.0103 e. The summed E-state index contributed by atoms with van der Waals surface area (Å²) in [4.78, 5) is 0. The molecule has 0 spiro atoms. The van der Waals surface area contributed by atoms with Crippen molar-refractivity contribution in [3.63, 3.8) is 0 Å². The van der Waals surface area contributed by atoms with Crippen LogP contribution in [0, 0.1) is 11.5 Å². The molecular formula is C12H15. The molecule has 0 nitrogen and oxygen atoms in total. The Labute approximate surface area is 74.9 Å². The van der Waals surface area contributed by atoms with E-state index in [0.717, 1.165) is 11.1 Å². The van der Waals surface area contributed by atoms with Crippen LogP contribution in [0.3, 0.4) is 0 Å². The molecule has 1 aromatic rings. The first-order valence-electron chi connectivity index (χ1n) is 4.18. The van der Waals surface area contributed by atoms with Crippen molar-refractivity contribution in [3.8, 4) is 0 Å². The summed E-state index contributed by atoms with van der Waals surface area (Å²) in [5, 5.41) is 0. The van der Waals surface area contributed by atoms with Gasteiger partial charge in [-0.2, -0.15) is 0 Å². The van der Waals surface area contributed by atoms with Crippen molar-refractivity contribution < 1.29 is 0 Å². The number of allylic oxidation sites excluding steroid dienone is 1. The monoisotopic (exact) mass is 159 g/mol. The fraction of sp³-hybridized carbons (Fsp3) is 0.333. The van der Waals surface area contributed by atoms with E-state index in [2.05, 4.69) is 33.4 Å². The van der Waals surface area contributed by atoms with Gasteiger partial charge >= 0.3 is 0 Å². The van der Waals surface area contributed by atoms with Crippen LogP contribution in [-0.4, -0.2) is 0 Å². The Bertz CT molecular complexity index is 262. The summed E-state index contributed by atoms with van der Waals surface area (Å²) in [7, 11) is 0. The molecule has 0 heteroatoms. The van der Waals surface area contributed by atoms with E-state index in [1.807, 2.05) is 24.3 Å². The molecule has 1 aromatic carbocycles. The average molecular weight is 159 g/mol. The van der Waals surface area contributed by atoms with Crippen LogP contribution >= 0.6 is 0 Å². The maximum absolute atomic E-state index is 4.06. The number of benzene rings is 1. The standard InChI is InChI=1S/C12H15/c1-10(12(2,3)4)11-8-6-5-7-9-11/h5-8H,1H2,2-4H3. The maximum atomic E-state index is 4.06. The normalized spacial score (nSPS) is 11.2. The molecule has 0 aliphatic rings. The molecule has 1 rings (SSSR count). The molecule has 0 saturated carbocycles. The van der Waals surface area contributed by atoms with Crippen molar-refractivity contribution in [1.29, 1.82) is 0 Å². The highest BCUT2D eigenvalue weighted by Gasteiger charge is 2.15. The largest absolute Gasteiger partial charge is 0.0947 e. The van der Waals surface area contributed by atoms with Crippen LogP contribution in [0.5, 0.6) is 0 Å². The van der Waals surface area contributed by atoms with Gasteiger partial charge < -0.3 is 0 Å². The molecule has 1 radical (unpaired) electrons. The van der Waals surface area contributed by atoms with Crippen molar-refractivity contribution in [1.82, 2.24) is 0 Å².